The molecule has 1 aromatic heterocycles. The van der Waals surface area contributed by atoms with Gasteiger partial charge in [0.15, 0.2) is 0 Å². The highest BCUT2D eigenvalue weighted by atomic mass is 16.5. The smallest absolute Gasteiger partial charge is 0.212 e. The van der Waals surface area contributed by atoms with Crippen LogP contribution in [0.15, 0.2) is 18.3 Å². The Bertz CT molecular complexity index is 303. The van der Waals surface area contributed by atoms with Gasteiger partial charge in [-0.1, -0.05) is 6.07 Å². The summed E-state index contributed by atoms with van der Waals surface area (Å²) in [7, 11) is 1.59. The van der Waals surface area contributed by atoms with Gasteiger partial charge in [-0.05, 0) is 24.9 Å². The number of nitrogens with two attached hydrogens (primary N) is 1. The van der Waals surface area contributed by atoms with Gasteiger partial charge < -0.3 is 20.9 Å². The van der Waals surface area contributed by atoms with Gasteiger partial charge in [-0.2, -0.15) is 0 Å². The molecule has 0 aliphatic heterocycles. The minimum Gasteiger partial charge on any atom is -0.481 e. The molecule has 0 radical (unpaired) electrons. The van der Waals surface area contributed by atoms with Gasteiger partial charge in [-0.15, -0.1) is 0 Å². The largest absolute Gasteiger partial charge is 0.481 e. The van der Waals surface area contributed by atoms with Crippen molar-refractivity contribution in [2.24, 2.45) is 5.73 Å². The second-order valence-corrected chi connectivity index (χ2v) is 3.81. The second-order valence-electron chi connectivity index (χ2n) is 3.81. The summed E-state index contributed by atoms with van der Waals surface area (Å²) >= 11 is 0. The maximum absolute atomic E-state index is 8.69. The van der Waals surface area contributed by atoms with E-state index in [9.17, 15) is 0 Å². The Morgan fingerprint density at radius 2 is 2.29 bits per heavy atom. The van der Waals surface area contributed by atoms with Crippen LogP contribution >= 0.6 is 0 Å². The Morgan fingerprint density at radius 1 is 1.47 bits per heavy atom. The topological polar surface area (TPSA) is 80.4 Å². The van der Waals surface area contributed by atoms with Crippen LogP contribution in [0.25, 0.3) is 0 Å². The van der Waals surface area contributed by atoms with Gasteiger partial charge in [-0.3, -0.25) is 0 Å². The number of unbranched alkanes of at least 4 members (excludes halogenated alkanes) is 1. The van der Waals surface area contributed by atoms with Crippen LogP contribution in [0.2, 0.25) is 0 Å². The number of hydrogen-bond acceptors (Lipinski definition) is 5. The van der Waals surface area contributed by atoms with Crippen molar-refractivity contribution in [1.29, 1.82) is 0 Å². The lowest BCUT2D eigenvalue weighted by Gasteiger charge is -2.17. The molecular weight excluding hydrogens is 218 g/mol. The number of hydrogen-bond donors (Lipinski definition) is 3. The molecule has 1 unspecified atom stereocenters. The van der Waals surface area contributed by atoms with Gasteiger partial charge in [0.1, 0.15) is 0 Å². The zero-order valence-corrected chi connectivity index (χ0v) is 10.2. The summed E-state index contributed by atoms with van der Waals surface area (Å²) in [6, 6.07) is 3.89. The van der Waals surface area contributed by atoms with Crippen LogP contribution in [0.5, 0.6) is 5.88 Å². The van der Waals surface area contributed by atoms with Crippen molar-refractivity contribution in [3.05, 3.63) is 23.9 Å². The fraction of sp³-hybridized carbons (Fsp3) is 0.583. The average molecular weight is 239 g/mol. The number of nitrogens with one attached hydrogen (secondary N) is 1. The van der Waals surface area contributed by atoms with Crippen LogP contribution in [0.1, 0.15) is 24.4 Å². The van der Waals surface area contributed by atoms with E-state index in [-0.39, 0.29) is 12.6 Å². The molecule has 96 valence electrons. The van der Waals surface area contributed by atoms with E-state index in [1.54, 1.807) is 13.3 Å². The maximum atomic E-state index is 8.69. The van der Waals surface area contributed by atoms with Crippen LogP contribution in [0.4, 0.5) is 0 Å². The summed E-state index contributed by atoms with van der Waals surface area (Å²) in [4.78, 5) is 4.15. The number of ether oxygens (including phenoxy) is 1. The monoisotopic (exact) mass is 239 g/mol. The van der Waals surface area contributed by atoms with E-state index in [1.165, 1.54) is 0 Å². The molecule has 0 amide bonds. The van der Waals surface area contributed by atoms with Crippen molar-refractivity contribution in [2.45, 2.75) is 18.9 Å². The van der Waals surface area contributed by atoms with Crippen LogP contribution in [-0.4, -0.2) is 36.9 Å². The first kappa shape index (κ1) is 13.9. The predicted octanol–water partition coefficient (Wildman–Crippen LogP) is 0.452. The zero-order valence-electron chi connectivity index (χ0n) is 10.2. The molecule has 0 aliphatic carbocycles. The SMILES string of the molecule is COc1ccc(C(CN)NCCCCO)cn1. The van der Waals surface area contributed by atoms with Crippen molar-refractivity contribution >= 4 is 0 Å². The highest BCUT2D eigenvalue weighted by Crippen LogP contribution is 2.13. The number of rotatable bonds is 8. The Kier molecular flexibility index (Phi) is 6.54. The Hall–Kier alpha value is -1.17. The summed E-state index contributed by atoms with van der Waals surface area (Å²) < 4.78 is 5.01. The van der Waals surface area contributed by atoms with Crippen molar-refractivity contribution in [2.75, 3.05) is 26.8 Å². The average Bonchev–Trinajstić information content (AvgIpc) is 2.39. The summed E-state index contributed by atoms with van der Waals surface area (Å²) in [5.41, 5.74) is 6.77. The Labute approximate surface area is 102 Å². The minimum atomic E-state index is 0.104. The molecule has 17 heavy (non-hydrogen) atoms. The summed E-state index contributed by atoms with van der Waals surface area (Å²) in [5, 5.41) is 12.0. The highest BCUT2D eigenvalue weighted by Gasteiger charge is 2.08. The third-order valence-corrected chi connectivity index (χ3v) is 2.58. The third-order valence-electron chi connectivity index (χ3n) is 2.58. The fourth-order valence-corrected chi connectivity index (χ4v) is 1.57. The number of nitrogens with zero attached hydrogens (tertiary/aromatic N) is 1. The highest BCUT2D eigenvalue weighted by molar-refractivity contribution is 5.21. The first-order valence-corrected chi connectivity index (χ1v) is 5.86. The van der Waals surface area contributed by atoms with E-state index in [2.05, 4.69) is 10.3 Å². The lowest BCUT2D eigenvalue weighted by atomic mass is 10.1. The zero-order chi connectivity index (χ0) is 12.5. The van der Waals surface area contributed by atoms with E-state index >= 15 is 0 Å². The first-order valence-electron chi connectivity index (χ1n) is 5.86. The first-order chi connectivity index (χ1) is 8.31. The number of aliphatic hydroxyl groups is 1. The van der Waals surface area contributed by atoms with Gasteiger partial charge in [-0.25, -0.2) is 4.98 Å². The molecule has 1 heterocycles. The Morgan fingerprint density at radius 3 is 2.82 bits per heavy atom. The second kappa shape index (κ2) is 8.00. The standard InChI is InChI=1S/C12H21N3O2/c1-17-12-5-4-10(9-15-12)11(8-13)14-6-2-3-7-16/h4-5,9,11,14,16H,2-3,6-8,13H2,1H3. The normalized spacial score (nSPS) is 12.4. The summed E-state index contributed by atoms with van der Waals surface area (Å²) in [5.74, 6) is 0.602. The molecule has 5 heteroatoms. The van der Waals surface area contributed by atoms with E-state index in [0.717, 1.165) is 24.9 Å². The lowest BCUT2D eigenvalue weighted by Crippen LogP contribution is -2.29. The number of methoxy groups -OCH3 is 1. The van der Waals surface area contributed by atoms with Crippen LogP contribution < -0.4 is 15.8 Å². The van der Waals surface area contributed by atoms with Gasteiger partial charge >= 0.3 is 0 Å². The molecule has 5 nitrogen and oxygen atoms in total. The van der Waals surface area contributed by atoms with E-state index in [1.807, 2.05) is 12.1 Å². The number of aliphatic hydroxyl groups excluding tert-OH is 1. The summed E-state index contributed by atoms with van der Waals surface area (Å²) in [6.45, 7) is 1.60. The van der Waals surface area contributed by atoms with Gasteiger partial charge in [0.05, 0.1) is 7.11 Å². The third kappa shape index (κ3) is 4.68. The van der Waals surface area contributed by atoms with Crippen molar-refractivity contribution < 1.29 is 9.84 Å². The van der Waals surface area contributed by atoms with Crippen molar-refractivity contribution in [3.63, 3.8) is 0 Å². The van der Waals surface area contributed by atoms with Gasteiger partial charge in [0, 0.05) is 31.5 Å². The summed E-state index contributed by atoms with van der Waals surface area (Å²) in [6.07, 6.45) is 3.52. The van der Waals surface area contributed by atoms with E-state index in [4.69, 9.17) is 15.6 Å². The van der Waals surface area contributed by atoms with E-state index < -0.39 is 0 Å². The molecular formula is C12H21N3O2. The quantitative estimate of drug-likeness (QED) is 0.574. The maximum Gasteiger partial charge on any atom is 0.212 e. The molecule has 1 aromatic rings. The molecule has 0 aliphatic rings. The molecule has 1 atom stereocenters. The number of pyridine rings is 1. The van der Waals surface area contributed by atoms with Gasteiger partial charge in [0.25, 0.3) is 0 Å². The molecule has 0 aromatic carbocycles. The van der Waals surface area contributed by atoms with Crippen molar-refractivity contribution in [1.82, 2.24) is 10.3 Å². The van der Waals surface area contributed by atoms with Gasteiger partial charge in [0.2, 0.25) is 5.88 Å². The Balaban J connectivity index is 2.47. The molecule has 0 saturated carbocycles. The molecule has 4 N–H and O–H groups in total. The van der Waals surface area contributed by atoms with Crippen LogP contribution in [0, 0.1) is 0 Å². The minimum absolute atomic E-state index is 0.104. The molecule has 0 bridgehead atoms. The van der Waals surface area contributed by atoms with Crippen molar-refractivity contribution in [3.8, 4) is 5.88 Å². The number of aromatic nitrogens is 1. The fourth-order valence-electron chi connectivity index (χ4n) is 1.57. The molecule has 0 spiro atoms. The van der Waals surface area contributed by atoms with Crippen LogP contribution in [-0.2, 0) is 0 Å². The van der Waals surface area contributed by atoms with E-state index in [0.29, 0.717) is 12.4 Å². The molecule has 1 rings (SSSR count). The molecule has 0 saturated heterocycles. The lowest BCUT2D eigenvalue weighted by molar-refractivity contribution is 0.282. The van der Waals surface area contributed by atoms with Crippen LogP contribution in [0.3, 0.4) is 0 Å². The predicted molar refractivity (Wildman–Crippen MR) is 66.9 cm³/mol. The molecule has 0 fully saturated rings.